The van der Waals surface area contributed by atoms with E-state index >= 15 is 0 Å². The fourth-order valence-electron chi connectivity index (χ4n) is 1.36. The second-order valence-electron chi connectivity index (χ2n) is 3.60. The fraction of sp³-hybridized carbons (Fsp3) is 0.167. The van der Waals surface area contributed by atoms with Gasteiger partial charge in [-0.1, -0.05) is 70.6 Å². The summed E-state index contributed by atoms with van der Waals surface area (Å²) in [6.45, 7) is 4.40. The first kappa shape index (κ1) is 13.8. The molecule has 0 radical (unpaired) electrons. The largest absolute Gasteiger partial charge is 0.0884 e. The van der Waals surface area contributed by atoms with Gasteiger partial charge in [0.15, 0.2) is 0 Å². The monoisotopic (exact) mass is 346 g/mol. The highest BCUT2D eigenvalue weighted by Gasteiger charge is 2.20. The zero-order chi connectivity index (χ0) is 12.5. The maximum atomic E-state index is 2.32. The molecule has 6 heteroatoms. The summed E-state index contributed by atoms with van der Waals surface area (Å²) in [6, 6.07) is 0. The standard InChI is InChI=1S/C12H10S6/c1-7-8(2)17-10(16-7)5-9-6-15-12(18-9)11-13-3-4-14-11/h3-6H,1-2H3. The molecule has 3 aliphatic heterocycles. The molecule has 0 aromatic rings. The van der Waals surface area contributed by atoms with Gasteiger partial charge in [-0.3, -0.25) is 0 Å². The van der Waals surface area contributed by atoms with Gasteiger partial charge >= 0.3 is 0 Å². The van der Waals surface area contributed by atoms with Gasteiger partial charge in [0, 0.05) is 4.91 Å². The van der Waals surface area contributed by atoms with Crippen LogP contribution in [0.3, 0.4) is 0 Å². The summed E-state index contributed by atoms with van der Waals surface area (Å²) in [4.78, 5) is 4.24. The minimum absolute atomic E-state index is 1.37. The summed E-state index contributed by atoms with van der Waals surface area (Å²) in [7, 11) is 0. The Bertz CT molecular complexity index is 509. The van der Waals surface area contributed by atoms with E-state index in [0.717, 1.165) is 0 Å². The van der Waals surface area contributed by atoms with Crippen molar-refractivity contribution in [2.24, 2.45) is 0 Å². The number of hydrogen-bond donors (Lipinski definition) is 0. The van der Waals surface area contributed by atoms with E-state index in [1.807, 2.05) is 70.6 Å². The van der Waals surface area contributed by atoms with Crippen molar-refractivity contribution in [1.82, 2.24) is 0 Å². The predicted octanol–water partition coefficient (Wildman–Crippen LogP) is 6.96. The summed E-state index contributed by atoms with van der Waals surface area (Å²) in [6.07, 6.45) is 2.32. The van der Waals surface area contributed by atoms with E-state index in [0.29, 0.717) is 0 Å². The third-order valence-electron chi connectivity index (χ3n) is 2.33. The third kappa shape index (κ3) is 3.10. The minimum Gasteiger partial charge on any atom is -0.0884 e. The van der Waals surface area contributed by atoms with Gasteiger partial charge in [-0.2, -0.15) is 0 Å². The van der Waals surface area contributed by atoms with Gasteiger partial charge in [-0.05, 0) is 46.0 Å². The van der Waals surface area contributed by atoms with Crippen molar-refractivity contribution < 1.29 is 0 Å². The van der Waals surface area contributed by atoms with E-state index < -0.39 is 0 Å². The number of rotatable bonds is 1. The van der Waals surface area contributed by atoms with Gasteiger partial charge in [-0.25, -0.2) is 0 Å². The zero-order valence-electron chi connectivity index (χ0n) is 9.76. The molecule has 0 atom stereocenters. The molecule has 0 saturated carbocycles. The van der Waals surface area contributed by atoms with E-state index in [2.05, 4.69) is 36.1 Å². The second kappa shape index (κ2) is 6.06. The third-order valence-corrected chi connectivity index (χ3v) is 9.81. The molecule has 0 aliphatic carbocycles. The quantitative estimate of drug-likeness (QED) is 0.499. The van der Waals surface area contributed by atoms with Crippen LogP contribution in [0.25, 0.3) is 0 Å². The summed E-state index contributed by atoms with van der Waals surface area (Å²) < 4.78 is 4.25. The molecule has 0 spiro atoms. The van der Waals surface area contributed by atoms with Crippen LogP contribution in [0.5, 0.6) is 0 Å². The Morgan fingerprint density at radius 2 is 1.50 bits per heavy atom. The second-order valence-corrected chi connectivity index (χ2v) is 10.7. The SMILES string of the molecule is CC1=C(C)SC(=CC2=CSC(=C3SC=CS3)S2)S1. The molecule has 0 aromatic heterocycles. The van der Waals surface area contributed by atoms with Crippen LogP contribution in [-0.2, 0) is 0 Å². The fourth-order valence-corrected chi connectivity index (χ4v) is 8.32. The lowest BCUT2D eigenvalue weighted by molar-refractivity contribution is 1.57. The Morgan fingerprint density at radius 1 is 0.833 bits per heavy atom. The van der Waals surface area contributed by atoms with Gasteiger partial charge in [0.05, 0.1) is 12.7 Å². The first-order valence-electron chi connectivity index (χ1n) is 5.24. The van der Waals surface area contributed by atoms with Gasteiger partial charge in [0.25, 0.3) is 0 Å². The summed E-state index contributed by atoms with van der Waals surface area (Å²) in [5.74, 6) is 0. The zero-order valence-corrected chi connectivity index (χ0v) is 14.7. The molecule has 3 heterocycles. The van der Waals surface area contributed by atoms with Crippen molar-refractivity contribution >= 4 is 70.6 Å². The first-order valence-corrected chi connectivity index (χ1v) is 10.3. The van der Waals surface area contributed by atoms with Gasteiger partial charge in [-0.15, -0.1) is 0 Å². The predicted molar refractivity (Wildman–Crippen MR) is 96.3 cm³/mol. The topological polar surface area (TPSA) is 0 Å². The van der Waals surface area contributed by atoms with Crippen LogP contribution >= 0.6 is 70.6 Å². The molecule has 0 nitrogen and oxygen atoms in total. The smallest absolute Gasteiger partial charge is 0.0700 e. The molecule has 18 heavy (non-hydrogen) atoms. The molecule has 0 aromatic carbocycles. The van der Waals surface area contributed by atoms with Crippen LogP contribution in [0.15, 0.2) is 49.7 Å². The normalized spacial score (nSPS) is 23.4. The molecule has 0 N–H and O–H groups in total. The molecule has 0 saturated heterocycles. The highest BCUT2D eigenvalue weighted by molar-refractivity contribution is 8.33. The Kier molecular flexibility index (Phi) is 4.63. The van der Waals surface area contributed by atoms with Crippen LogP contribution in [0.1, 0.15) is 13.8 Å². The number of allylic oxidation sites excluding steroid dienone is 3. The summed E-state index contributed by atoms with van der Waals surface area (Å²) >= 11 is 11.2. The van der Waals surface area contributed by atoms with Gasteiger partial charge in [0.2, 0.25) is 0 Å². The lowest BCUT2D eigenvalue weighted by Gasteiger charge is -2.00. The number of hydrogen-bond acceptors (Lipinski definition) is 6. The van der Waals surface area contributed by atoms with Crippen LogP contribution in [0, 0.1) is 0 Å². The van der Waals surface area contributed by atoms with Crippen molar-refractivity contribution in [2.45, 2.75) is 13.8 Å². The molecule has 0 bridgehead atoms. The molecule has 3 rings (SSSR count). The van der Waals surface area contributed by atoms with Crippen molar-refractivity contribution in [3.05, 3.63) is 49.7 Å². The molecule has 94 valence electrons. The molecule has 0 amide bonds. The molecular formula is C12H10S6. The van der Waals surface area contributed by atoms with Crippen molar-refractivity contribution in [2.75, 3.05) is 0 Å². The maximum absolute atomic E-state index is 2.32. The van der Waals surface area contributed by atoms with Crippen LogP contribution < -0.4 is 0 Å². The molecule has 0 unspecified atom stereocenters. The van der Waals surface area contributed by atoms with E-state index in [1.54, 1.807) is 0 Å². The van der Waals surface area contributed by atoms with E-state index in [4.69, 9.17) is 0 Å². The molecule has 0 fully saturated rings. The average Bonchev–Trinajstić information content (AvgIpc) is 3.02. The Morgan fingerprint density at radius 3 is 2.17 bits per heavy atom. The number of thioether (sulfide) groups is 6. The average molecular weight is 347 g/mol. The Hall–Kier alpha value is 0.800. The van der Waals surface area contributed by atoms with Crippen molar-refractivity contribution in [3.8, 4) is 0 Å². The summed E-state index contributed by atoms with van der Waals surface area (Å²) in [5, 5.41) is 6.58. The highest BCUT2D eigenvalue weighted by atomic mass is 32.2. The van der Waals surface area contributed by atoms with Gasteiger partial charge < -0.3 is 0 Å². The maximum Gasteiger partial charge on any atom is 0.0700 e. The van der Waals surface area contributed by atoms with Crippen molar-refractivity contribution in [1.29, 1.82) is 0 Å². The van der Waals surface area contributed by atoms with E-state index in [1.165, 1.54) is 27.4 Å². The highest BCUT2D eigenvalue weighted by Crippen LogP contribution is 2.55. The Balaban J connectivity index is 1.67. The lowest BCUT2D eigenvalue weighted by Crippen LogP contribution is -1.68. The molecule has 3 aliphatic rings. The van der Waals surface area contributed by atoms with Gasteiger partial charge in [0.1, 0.15) is 0 Å². The van der Waals surface area contributed by atoms with E-state index in [9.17, 15) is 0 Å². The first-order chi connectivity index (χ1) is 8.72. The van der Waals surface area contributed by atoms with Crippen LogP contribution in [-0.4, -0.2) is 0 Å². The summed E-state index contributed by atoms with van der Waals surface area (Å²) in [5.41, 5.74) is 0. The molecular weight excluding hydrogens is 337 g/mol. The van der Waals surface area contributed by atoms with E-state index in [-0.39, 0.29) is 0 Å². The minimum atomic E-state index is 1.37. The van der Waals surface area contributed by atoms with Crippen LogP contribution in [0.2, 0.25) is 0 Å². The van der Waals surface area contributed by atoms with Crippen molar-refractivity contribution in [3.63, 3.8) is 0 Å². The lowest BCUT2D eigenvalue weighted by atomic mass is 10.6. The Labute approximate surface area is 133 Å². The van der Waals surface area contributed by atoms with Crippen LogP contribution in [0.4, 0.5) is 0 Å².